The normalized spacial score (nSPS) is 18.7. The molecule has 0 fully saturated rings. The van der Waals surface area contributed by atoms with Crippen LogP contribution in [0, 0.1) is 11.3 Å². The molecule has 0 saturated heterocycles. The van der Waals surface area contributed by atoms with Crippen LogP contribution in [-0.2, 0) is 11.2 Å². The zero-order chi connectivity index (χ0) is 18.6. The molecule has 0 bridgehead atoms. The summed E-state index contributed by atoms with van der Waals surface area (Å²) in [5.74, 6) is 0. The molecule has 1 aromatic rings. The van der Waals surface area contributed by atoms with Gasteiger partial charge >= 0.3 is 0 Å². The number of nitrogens with one attached hydrogen (secondary N) is 1. The van der Waals surface area contributed by atoms with E-state index in [4.69, 9.17) is 10.00 Å². The van der Waals surface area contributed by atoms with Gasteiger partial charge in [0, 0.05) is 32.0 Å². The van der Waals surface area contributed by atoms with Gasteiger partial charge in [-0.05, 0) is 23.7 Å². The Labute approximate surface area is 156 Å². The lowest BCUT2D eigenvalue weighted by molar-refractivity contribution is 0.0492. The van der Waals surface area contributed by atoms with Gasteiger partial charge in [-0.15, -0.1) is 0 Å². The molecule has 2 aliphatic rings. The summed E-state index contributed by atoms with van der Waals surface area (Å²) < 4.78 is 5.90. The zero-order valence-corrected chi connectivity index (χ0v) is 16.7. The lowest BCUT2D eigenvalue weighted by Crippen LogP contribution is -2.43. The van der Waals surface area contributed by atoms with Crippen LogP contribution >= 0.6 is 0 Å². The number of nitriles is 1. The fraction of sp³-hybridized carbons (Fsp3) is 0.400. The van der Waals surface area contributed by atoms with Gasteiger partial charge in [0.15, 0.2) is 0 Å². The minimum Gasteiger partial charge on any atom is -0.361 e. The summed E-state index contributed by atoms with van der Waals surface area (Å²) in [7, 11) is -1.07. The Morgan fingerprint density at radius 3 is 2.96 bits per heavy atom. The molecule has 1 atom stereocenters. The number of ether oxygens (including phenoxy) is 1. The summed E-state index contributed by atoms with van der Waals surface area (Å²) in [6.45, 7) is 8.46. The van der Waals surface area contributed by atoms with Gasteiger partial charge in [-0.3, -0.25) is 0 Å². The third-order valence-electron chi connectivity index (χ3n) is 4.49. The maximum absolute atomic E-state index is 8.93. The number of aliphatic imine (C=N–C) groups is 1. The molecule has 0 aromatic heterocycles. The molecule has 136 valence electrons. The average Bonchev–Trinajstić information content (AvgIpc) is 3.02. The van der Waals surface area contributed by atoms with E-state index in [9.17, 15) is 0 Å². The summed E-state index contributed by atoms with van der Waals surface area (Å²) >= 11 is 0. The topological polar surface area (TPSA) is 60.6 Å². The molecular formula is C20H26N4OSi. The predicted octanol–water partition coefficient (Wildman–Crippen LogP) is 3.56. The maximum Gasteiger partial charge on any atom is 0.130 e. The Hall–Kier alpha value is -2.36. The molecule has 5 nitrogen and oxygen atoms in total. The van der Waals surface area contributed by atoms with E-state index in [1.807, 2.05) is 24.3 Å². The highest BCUT2D eigenvalue weighted by Gasteiger charge is 2.28. The van der Waals surface area contributed by atoms with E-state index in [0.717, 1.165) is 29.0 Å². The van der Waals surface area contributed by atoms with Gasteiger partial charge in [-0.25, -0.2) is 4.99 Å². The second-order valence-electron chi connectivity index (χ2n) is 7.84. The zero-order valence-electron chi connectivity index (χ0n) is 15.7. The Morgan fingerprint density at radius 1 is 1.35 bits per heavy atom. The minimum atomic E-state index is -1.07. The van der Waals surface area contributed by atoms with E-state index < -0.39 is 8.07 Å². The molecule has 0 spiro atoms. The number of hydrogen-bond acceptors (Lipinski definition) is 5. The fourth-order valence-corrected chi connectivity index (χ4v) is 3.76. The van der Waals surface area contributed by atoms with Crippen molar-refractivity contribution in [3.63, 3.8) is 0 Å². The van der Waals surface area contributed by atoms with Crippen LogP contribution < -0.4 is 5.32 Å². The fourth-order valence-electron chi connectivity index (χ4n) is 3.00. The number of benzene rings is 1. The predicted molar refractivity (Wildman–Crippen MR) is 108 cm³/mol. The average molecular weight is 367 g/mol. The summed E-state index contributed by atoms with van der Waals surface area (Å²) in [5.41, 5.74) is 4.14. The largest absolute Gasteiger partial charge is 0.361 e. The summed E-state index contributed by atoms with van der Waals surface area (Å²) in [4.78, 5) is 6.71. The summed E-state index contributed by atoms with van der Waals surface area (Å²) in [6, 6.07) is 11.4. The highest BCUT2D eigenvalue weighted by atomic mass is 28.3. The molecule has 1 N–H and O–H groups in total. The molecule has 2 aliphatic heterocycles. The van der Waals surface area contributed by atoms with Crippen molar-refractivity contribution >= 4 is 20.1 Å². The Morgan fingerprint density at radius 2 is 2.19 bits per heavy atom. The van der Waals surface area contributed by atoms with Crippen molar-refractivity contribution in [1.82, 2.24) is 10.2 Å². The van der Waals surface area contributed by atoms with Crippen LogP contribution in [-0.4, -0.2) is 38.8 Å². The Kier molecular flexibility index (Phi) is 5.60. The minimum absolute atomic E-state index is 0.0500. The van der Waals surface area contributed by atoms with Crippen LogP contribution in [0.5, 0.6) is 0 Å². The van der Waals surface area contributed by atoms with Crippen LogP contribution in [0.3, 0.4) is 0 Å². The van der Waals surface area contributed by atoms with E-state index in [1.165, 1.54) is 6.04 Å². The first-order valence-electron chi connectivity index (χ1n) is 8.99. The highest BCUT2D eigenvalue weighted by Crippen LogP contribution is 2.31. The standard InChI is InChI=1S/C20H26N4OSi/c1-26(2,3)12-11-25-15-24-10-8-18-19(22-14-23-20(18)24)17-6-4-5-16(13-17)7-9-21/h4-6,8,10,13-14,20H,7,11-12,15H2,1-3H3,(H,22,23). The van der Waals surface area contributed by atoms with Gasteiger partial charge in [0.05, 0.1) is 24.5 Å². The lowest BCUT2D eigenvalue weighted by Gasteiger charge is -2.29. The molecule has 0 amide bonds. The van der Waals surface area contributed by atoms with Gasteiger partial charge in [0.25, 0.3) is 0 Å². The van der Waals surface area contributed by atoms with Gasteiger partial charge in [0.2, 0.25) is 0 Å². The monoisotopic (exact) mass is 366 g/mol. The quantitative estimate of drug-likeness (QED) is 0.592. The van der Waals surface area contributed by atoms with Gasteiger partial charge in [0.1, 0.15) is 12.9 Å². The van der Waals surface area contributed by atoms with Crippen molar-refractivity contribution < 1.29 is 4.74 Å². The van der Waals surface area contributed by atoms with Crippen LogP contribution in [0.1, 0.15) is 11.1 Å². The molecular weight excluding hydrogens is 340 g/mol. The van der Waals surface area contributed by atoms with Gasteiger partial charge in [-0.1, -0.05) is 37.8 Å². The smallest absolute Gasteiger partial charge is 0.130 e. The number of rotatable bonds is 7. The van der Waals surface area contributed by atoms with Crippen molar-refractivity contribution in [2.45, 2.75) is 38.3 Å². The van der Waals surface area contributed by atoms with Crippen LogP contribution in [0.4, 0.5) is 0 Å². The van der Waals surface area contributed by atoms with E-state index in [2.05, 4.69) is 53.2 Å². The second kappa shape index (κ2) is 7.90. The maximum atomic E-state index is 8.93. The third kappa shape index (κ3) is 4.42. The second-order valence-corrected chi connectivity index (χ2v) is 13.5. The molecule has 6 heteroatoms. The molecule has 2 heterocycles. The molecule has 26 heavy (non-hydrogen) atoms. The molecule has 1 unspecified atom stereocenters. The first-order valence-corrected chi connectivity index (χ1v) is 12.7. The first kappa shape index (κ1) is 18.4. The van der Waals surface area contributed by atoms with E-state index >= 15 is 0 Å². The molecule has 0 aliphatic carbocycles. The van der Waals surface area contributed by atoms with Gasteiger partial charge < -0.3 is 15.0 Å². The van der Waals surface area contributed by atoms with Crippen molar-refractivity contribution in [3.8, 4) is 6.07 Å². The van der Waals surface area contributed by atoms with Crippen LogP contribution in [0.15, 0.2) is 47.1 Å². The first-order chi connectivity index (χ1) is 12.5. The van der Waals surface area contributed by atoms with Crippen molar-refractivity contribution in [3.05, 3.63) is 53.2 Å². The van der Waals surface area contributed by atoms with E-state index in [0.29, 0.717) is 13.2 Å². The number of fused-ring (bicyclic) bond motifs is 1. The summed E-state index contributed by atoms with van der Waals surface area (Å²) in [6.07, 6.45) is 6.38. The molecule has 0 saturated carbocycles. The Bertz CT molecular complexity index is 786. The van der Waals surface area contributed by atoms with Crippen molar-refractivity contribution in [1.29, 1.82) is 5.26 Å². The number of hydrogen-bond donors (Lipinski definition) is 1. The lowest BCUT2D eigenvalue weighted by atomic mass is 10.0. The van der Waals surface area contributed by atoms with Gasteiger partial charge in [-0.2, -0.15) is 5.26 Å². The molecule has 3 rings (SSSR count). The van der Waals surface area contributed by atoms with E-state index in [1.54, 1.807) is 6.34 Å². The molecule has 0 radical (unpaired) electrons. The molecule has 1 aromatic carbocycles. The van der Waals surface area contributed by atoms with E-state index in [-0.39, 0.29) is 6.17 Å². The van der Waals surface area contributed by atoms with Crippen molar-refractivity contribution in [2.75, 3.05) is 13.3 Å². The SMILES string of the molecule is C[Si](C)(C)CCOCN1C=CC2=C(c3cccc(CC#N)c3)N=CNC21. The van der Waals surface area contributed by atoms with Crippen LogP contribution in [0.25, 0.3) is 5.70 Å². The highest BCUT2D eigenvalue weighted by molar-refractivity contribution is 6.76. The Balaban J connectivity index is 1.70. The number of nitrogens with zero attached hydrogens (tertiary/aromatic N) is 3. The van der Waals surface area contributed by atoms with Crippen molar-refractivity contribution in [2.24, 2.45) is 4.99 Å². The summed E-state index contributed by atoms with van der Waals surface area (Å²) in [5, 5.41) is 12.2. The van der Waals surface area contributed by atoms with Crippen LogP contribution in [0.2, 0.25) is 25.7 Å². The third-order valence-corrected chi connectivity index (χ3v) is 6.20.